The van der Waals surface area contributed by atoms with Crippen molar-refractivity contribution < 1.29 is 0 Å². The van der Waals surface area contributed by atoms with Gasteiger partial charge in [-0.15, -0.1) is 0 Å². The van der Waals surface area contributed by atoms with Crippen molar-refractivity contribution in [3.63, 3.8) is 0 Å². The number of hydrogen-bond donors (Lipinski definition) is 2. The molecule has 1 saturated carbocycles. The molecule has 2 rings (SSSR count). The Kier molecular flexibility index (Phi) is 1.90. The fourth-order valence-corrected chi connectivity index (χ4v) is 2.59. The number of piperidine rings is 1. The Morgan fingerprint density at radius 2 is 2.18 bits per heavy atom. The van der Waals surface area contributed by atoms with Crippen molar-refractivity contribution in [2.24, 2.45) is 5.73 Å². The molecule has 2 fully saturated rings. The van der Waals surface area contributed by atoms with E-state index in [2.05, 4.69) is 5.32 Å². The third-order valence-electron chi connectivity index (χ3n) is 3.23. The smallest absolute Gasteiger partial charge is 0.0196 e. The zero-order chi connectivity index (χ0) is 7.73. The van der Waals surface area contributed by atoms with Crippen LogP contribution >= 0.6 is 0 Å². The van der Waals surface area contributed by atoms with Crippen molar-refractivity contribution in [3.8, 4) is 0 Å². The standard InChI is InChI=1S/C9H18N2/c10-8-3-5-9(7-8)4-1-2-6-11-9/h8,11H,1-7,10H2/t8-,9-/m1/s1. The van der Waals surface area contributed by atoms with Gasteiger partial charge in [0.2, 0.25) is 0 Å². The summed E-state index contributed by atoms with van der Waals surface area (Å²) >= 11 is 0. The van der Waals surface area contributed by atoms with Gasteiger partial charge in [0.15, 0.2) is 0 Å². The minimum atomic E-state index is 0.470. The minimum absolute atomic E-state index is 0.470. The lowest BCUT2D eigenvalue weighted by atomic mass is 9.87. The molecule has 0 amide bonds. The average molecular weight is 154 g/mol. The fraction of sp³-hybridized carbons (Fsp3) is 1.00. The lowest BCUT2D eigenvalue weighted by Gasteiger charge is -2.34. The molecule has 2 atom stereocenters. The van der Waals surface area contributed by atoms with Crippen molar-refractivity contribution >= 4 is 0 Å². The van der Waals surface area contributed by atoms with Gasteiger partial charge in [0.25, 0.3) is 0 Å². The average Bonchev–Trinajstić information content (AvgIpc) is 2.34. The van der Waals surface area contributed by atoms with Crippen LogP contribution in [-0.2, 0) is 0 Å². The van der Waals surface area contributed by atoms with Gasteiger partial charge in [0.1, 0.15) is 0 Å². The molecule has 11 heavy (non-hydrogen) atoms. The van der Waals surface area contributed by atoms with E-state index in [1.165, 1.54) is 45.1 Å². The summed E-state index contributed by atoms with van der Waals surface area (Å²) < 4.78 is 0. The number of nitrogens with two attached hydrogens (primary N) is 1. The number of hydrogen-bond acceptors (Lipinski definition) is 2. The third-order valence-corrected chi connectivity index (χ3v) is 3.23. The van der Waals surface area contributed by atoms with Gasteiger partial charge in [-0.2, -0.15) is 0 Å². The molecule has 0 radical (unpaired) electrons. The molecule has 0 bridgehead atoms. The van der Waals surface area contributed by atoms with E-state index in [0.29, 0.717) is 11.6 Å². The van der Waals surface area contributed by atoms with Crippen LogP contribution in [0.2, 0.25) is 0 Å². The zero-order valence-electron chi connectivity index (χ0n) is 7.10. The van der Waals surface area contributed by atoms with Crippen molar-refractivity contribution in [2.75, 3.05) is 6.54 Å². The van der Waals surface area contributed by atoms with E-state index in [0.717, 1.165) is 0 Å². The predicted octanol–water partition coefficient (Wildman–Crippen LogP) is 1.01. The van der Waals surface area contributed by atoms with Gasteiger partial charge in [-0.05, 0) is 38.6 Å². The molecular weight excluding hydrogens is 136 g/mol. The summed E-state index contributed by atoms with van der Waals surface area (Å²) in [5.74, 6) is 0. The molecule has 64 valence electrons. The lowest BCUT2D eigenvalue weighted by Crippen LogP contribution is -2.47. The third kappa shape index (κ3) is 1.42. The van der Waals surface area contributed by atoms with Crippen molar-refractivity contribution in [1.82, 2.24) is 5.32 Å². The second-order valence-electron chi connectivity index (χ2n) is 4.17. The van der Waals surface area contributed by atoms with Crippen LogP contribution in [0.15, 0.2) is 0 Å². The first-order valence-electron chi connectivity index (χ1n) is 4.81. The first-order valence-corrected chi connectivity index (χ1v) is 4.81. The molecule has 0 aromatic rings. The SMILES string of the molecule is N[C@@H]1CC[C@]2(CCCCN2)C1. The number of rotatable bonds is 0. The van der Waals surface area contributed by atoms with E-state index in [-0.39, 0.29) is 0 Å². The summed E-state index contributed by atoms with van der Waals surface area (Å²) in [4.78, 5) is 0. The van der Waals surface area contributed by atoms with Crippen molar-refractivity contribution in [3.05, 3.63) is 0 Å². The molecule has 1 aliphatic heterocycles. The first-order chi connectivity index (χ1) is 5.31. The quantitative estimate of drug-likeness (QED) is 0.546. The van der Waals surface area contributed by atoms with Crippen LogP contribution in [-0.4, -0.2) is 18.1 Å². The Balaban J connectivity index is 1.98. The maximum Gasteiger partial charge on any atom is 0.0196 e. The Bertz CT molecular complexity index is 133. The highest BCUT2D eigenvalue weighted by Crippen LogP contribution is 2.35. The molecular formula is C9H18N2. The fourth-order valence-electron chi connectivity index (χ4n) is 2.59. The molecule has 2 nitrogen and oxygen atoms in total. The Hall–Kier alpha value is -0.0800. The summed E-state index contributed by atoms with van der Waals surface area (Å²) in [6, 6.07) is 0.473. The molecule has 0 aromatic carbocycles. The normalized spacial score (nSPS) is 45.0. The molecule has 1 aliphatic carbocycles. The molecule has 0 unspecified atom stereocenters. The van der Waals surface area contributed by atoms with Crippen LogP contribution in [0.5, 0.6) is 0 Å². The summed E-state index contributed by atoms with van der Waals surface area (Å²) in [6.45, 7) is 1.21. The van der Waals surface area contributed by atoms with Gasteiger partial charge in [-0.25, -0.2) is 0 Å². The summed E-state index contributed by atoms with van der Waals surface area (Å²) in [5.41, 5.74) is 6.37. The minimum Gasteiger partial charge on any atom is -0.328 e. The zero-order valence-corrected chi connectivity index (χ0v) is 7.10. The van der Waals surface area contributed by atoms with Gasteiger partial charge in [0.05, 0.1) is 0 Å². The van der Waals surface area contributed by atoms with Crippen LogP contribution in [0.25, 0.3) is 0 Å². The highest BCUT2D eigenvalue weighted by atomic mass is 15.0. The molecule has 3 N–H and O–H groups in total. The predicted molar refractivity (Wildman–Crippen MR) is 46.4 cm³/mol. The van der Waals surface area contributed by atoms with E-state index < -0.39 is 0 Å². The van der Waals surface area contributed by atoms with Crippen LogP contribution in [0.4, 0.5) is 0 Å². The second kappa shape index (κ2) is 2.76. The van der Waals surface area contributed by atoms with Crippen LogP contribution < -0.4 is 11.1 Å². The van der Waals surface area contributed by atoms with Crippen molar-refractivity contribution in [1.29, 1.82) is 0 Å². The molecule has 2 heteroatoms. The first kappa shape index (κ1) is 7.56. The lowest BCUT2D eigenvalue weighted by molar-refractivity contribution is 0.257. The topological polar surface area (TPSA) is 38.0 Å². The van der Waals surface area contributed by atoms with E-state index in [9.17, 15) is 0 Å². The Morgan fingerprint density at radius 1 is 1.27 bits per heavy atom. The largest absolute Gasteiger partial charge is 0.328 e. The maximum atomic E-state index is 5.90. The monoisotopic (exact) mass is 154 g/mol. The van der Waals surface area contributed by atoms with E-state index in [4.69, 9.17) is 5.73 Å². The van der Waals surface area contributed by atoms with Crippen molar-refractivity contribution in [2.45, 2.75) is 50.1 Å². The van der Waals surface area contributed by atoms with Gasteiger partial charge < -0.3 is 11.1 Å². The van der Waals surface area contributed by atoms with Gasteiger partial charge in [-0.3, -0.25) is 0 Å². The summed E-state index contributed by atoms with van der Waals surface area (Å²) in [7, 11) is 0. The van der Waals surface area contributed by atoms with Crippen LogP contribution in [0.1, 0.15) is 38.5 Å². The maximum absolute atomic E-state index is 5.90. The van der Waals surface area contributed by atoms with E-state index in [1.807, 2.05) is 0 Å². The number of nitrogens with one attached hydrogen (secondary N) is 1. The molecule has 0 aromatic heterocycles. The highest BCUT2D eigenvalue weighted by Gasteiger charge is 2.37. The molecule has 1 saturated heterocycles. The molecule has 1 heterocycles. The van der Waals surface area contributed by atoms with Crippen LogP contribution in [0, 0.1) is 0 Å². The van der Waals surface area contributed by atoms with Gasteiger partial charge in [-0.1, -0.05) is 6.42 Å². The summed E-state index contributed by atoms with van der Waals surface area (Å²) in [6.07, 6.45) is 7.88. The summed E-state index contributed by atoms with van der Waals surface area (Å²) in [5, 5.41) is 3.64. The second-order valence-corrected chi connectivity index (χ2v) is 4.17. The van der Waals surface area contributed by atoms with Crippen LogP contribution in [0.3, 0.4) is 0 Å². The van der Waals surface area contributed by atoms with E-state index in [1.54, 1.807) is 0 Å². The van der Waals surface area contributed by atoms with Gasteiger partial charge in [0, 0.05) is 11.6 Å². The Morgan fingerprint density at radius 3 is 2.73 bits per heavy atom. The molecule has 1 spiro atoms. The Labute approximate surface area is 68.5 Å². The highest BCUT2D eigenvalue weighted by molar-refractivity contribution is 4.99. The van der Waals surface area contributed by atoms with E-state index >= 15 is 0 Å². The van der Waals surface area contributed by atoms with Gasteiger partial charge >= 0.3 is 0 Å². The molecule has 2 aliphatic rings.